The van der Waals surface area contributed by atoms with E-state index in [1.54, 1.807) is 0 Å². The number of aromatic nitrogens is 1. The molecule has 0 spiro atoms. The summed E-state index contributed by atoms with van der Waals surface area (Å²) in [5, 5.41) is 7.15. The zero-order valence-corrected chi connectivity index (χ0v) is 19.1. The van der Waals surface area contributed by atoms with Crippen LogP contribution in [-0.2, 0) is 20.7 Å². The predicted octanol–water partition coefficient (Wildman–Crippen LogP) is 3.95. The van der Waals surface area contributed by atoms with Crippen molar-refractivity contribution in [1.82, 2.24) is 15.6 Å². The van der Waals surface area contributed by atoms with Crippen LogP contribution in [0.5, 0.6) is 0 Å². The average Bonchev–Trinajstić information content (AvgIpc) is 3.16. The number of rotatable bonds is 10. The number of ether oxygens (including phenoxy) is 1. The number of hydrogen-bond acceptors (Lipinski definition) is 3. The molecule has 6 heteroatoms. The third kappa shape index (κ3) is 6.82. The topological polar surface area (TPSA) is 83.2 Å². The molecule has 1 saturated carbocycles. The molecule has 3 N–H and O–H groups in total. The van der Waals surface area contributed by atoms with E-state index in [2.05, 4.69) is 22.5 Å². The molecule has 1 heterocycles. The molecule has 0 unspecified atom stereocenters. The predicted molar refractivity (Wildman–Crippen MR) is 124 cm³/mol. The maximum absolute atomic E-state index is 13.0. The van der Waals surface area contributed by atoms with E-state index in [1.807, 2.05) is 44.3 Å². The Kier molecular flexibility index (Phi) is 8.52. The van der Waals surface area contributed by atoms with Crippen LogP contribution in [0.4, 0.5) is 0 Å². The van der Waals surface area contributed by atoms with Crippen molar-refractivity contribution in [2.24, 2.45) is 11.8 Å². The maximum Gasteiger partial charge on any atom is 0.242 e. The number of carbonyl (C=O) groups excluding carboxylic acids is 2. The molecule has 1 atom stereocenters. The number of nitrogens with one attached hydrogen (secondary N) is 3. The number of para-hydroxylation sites is 1. The minimum absolute atomic E-state index is 0.00825. The summed E-state index contributed by atoms with van der Waals surface area (Å²) < 4.78 is 5.54. The first-order chi connectivity index (χ1) is 14.9. The second kappa shape index (κ2) is 11.3. The summed E-state index contributed by atoms with van der Waals surface area (Å²) >= 11 is 0. The van der Waals surface area contributed by atoms with Crippen LogP contribution in [0.25, 0.3) is 10.9 Å². The van der Waals surface area contributed by atoms with Crippen LogP contribution in [0.1, 0.15) is 58.4 Å². The Balaban J connectivity index is 1.64. The highest BCUT2D eigenvalue weighted by atomic mass is 16.5. The SMILES string of the molecule is CC1CCC(C(=O)N[C@H](Cc2c[nH]c3ccccc23)C(=O)NCCCOC(C)C)CC1. The van der Waals surface area contributed by atoms with Gasteiger partial charge >= 0.3 is 0 Å². The second-order valence-electron chi connectivity index (χ2n) is 9.15. The van der Waals surface area contributed by atoms with Crippen LogP contribution in [0.3, 0.4) is 0 Å². The van der Waals surface area contributed by atoms with Gasteiger partial charge in [-0.15, -0.1) is 0 Å². The number of fused-ring (bicyclic) bond motifs is 1. The molecule has 1 fully saturated rings. The van der Waals surface area contributed by atoms with Gasteiger partial charge in [-0.25, -0.2) is 0 Å². The molecule has 2 aromatic rings. The summed E-state index contributed by atoms with van der Waals surface area (Å²) in [5.74, 6) is 0.568. The summed E-state index contributed by atoms with van der Waals surface area (Å²) in [6, 6.07) is 7.45. The first-order valence-corrected chi connectivity index (χ1v) is 11.7. The summed E-state index contributed by atoms with van der Waals surface area (Å²) in [6.07, 6.45) is 7.30. The van der Waals surface area contributed by atoms with Crippen LogP contribution in [0, 0.1) is 11.8 Å². The van der Waals surface area contributed by atoms with Crippen molar-refractivity contribution in [3.05, 3.63) is 36.0 Å². The zero-order chi connectivity index (χ0) is 22.2. The number of benzene rings is 1. The molecule has 2 amide bonds. The Labute approximate surface area is 185 Å². The number of H-pyrrole nitrogens is 1. The Morgan fingerprint density at radius 2 is 1.90 bits per heavy atom. The van der Waals surface area contributed by atoms with Crippen molar-refractivity contribution in [2.45, 2.75) is 71.4 Å². The van der Waals surface area contributed by atoms with E-state index in [0.29, 0.717) is 25.5 Å². The van der Waals surface area contributed by atoms with Crippen LogP contribution in [0.2, 0.25) is 0 Å². The largest absolute Gasteiger partial charge is 0.379 e. The summed E-state index contributed by atoms with van der Waals surface area (Å²) in [6.45, 7) is 7.38. The van der Waals surface area contributed by atoms with Crippen molar-refractivity contribution < 1.29 is 14.3 Å². The Morgan fingerprint density at radius 1 is 1.16 bits per heavy atom. The highest BCUT2D eigenvalue weighted by Gasteiger charge is 2.28. The molecular formula is C25H37N3O3. The van der Waals surface area contributed by atoms with Gasteiger partial charge in [0, 0.05) is 42.6 Å². The van der Waals surface area contributed by atoms with Crippen LogP contribution in [-0.4, -0.2) is 42.1 Å². The summed E-state index contributed by atoms with van der Waals surface area (Å²) in [7, 11) is 0. The first-order valence-electron chi connectivity index (χ1n) is 11.7. The summed E-state index contributed by atoms with van der Waals surface area (Å²) in [4.78, 5) is 29.2. The van der Waals surface area contributed by atoms with Gasteiger partial charge in [0.2, 0.25) is 11.8 Å². The molecular weight excluding hydrogens is 390 g/mol. The van der Waals surface area contributed by atoms with Crippen LogP contribution < -0.4 is 10.6 Å². The number of amides is 2. The third-order valence-corrected chi connectivity index (χ3v) is 6.19. The van der Waals surface area contributed by atoms with Gasteiger partial charge in [0.1, 0.15) is 6.04 Å². The van der Waals surface area contributed by atoms with Gasteiger partial charge < -0.3 is 20.4 Å². The lowest BCUT2D eigenvalue weighted by atomic mass is 9.82. The molecule has 1 aliphatic carbocycles. The van der Waals surface area contributed by atoms with E-state index in [0.717, 1.165) is 48.6 Å². The van der Waals surface area contributed by atoms with Gasteiger partial charge in [-0.2, -0.15) is 0 Å². The van der Waals surface area contributed by atoms with Crippen LogP contribution >= 0.6 is 0 Å². The first kappa shape index (κ1) is 23.3. The van der Waals surface area contributed by atoms with Gasteiger partial charge in [-0.05, 0) is 63.5 Å². The van der Waals surface area contributed by atoms with Crippen molar-refractivity contribution in [3.63, 3.8) is 0 Å². The number of hydrogen-bond donors (Lipinski definition) is 3. The lowest BCUT2D eigenvalue weighted by Crippen LogP contribution is -2.50. The van der Waals surface area contributed by atoms with E-state index < -0.39 is 6.04 Å². The van der Waals surface area contributed by atoms with E-state index in [1.165, 1.54) is 0 Å². The molecule has 1 aliphatic rings. The molecule has 1 aromatic carbocycles. The second-order valence-corrected chi connectivity index (χ2v) is 9.15. The standard InChI is InChI=1S/C25H37N3O3/c1-17(2)31-14-6-13-26-25(30)23(28-24(29)19-11-9-18(3)10-12-19)15-20-16-27-22-8-5-4-7-21(20)22/h4-5,7-8,16-19,23,27H,6,9-15H2,1-3H3,(H,26,30)(H,28,29)/t18?,19?,23-/m1/s1. The molecule has 0 aliphatic heterocycles. The fraction of sp³-hybridized carbons (Fsp3) is 0.600. The fourth-order valence-electron chi connectivity index (χ4n) is 4.27. The summed E-state index contributed by atoms with van der Waals surface area (Å²) in [5.41, 5.74) is 2.08. The lowest BCUT2D eigenvalue weighted by molar-refractivity contribution is -0.131. The minimum atomic E-state index is -0.586. The molecule has 3 rings (SSSR count). The third-order valence-electron chi connectivity index (χ3n) is 6.19. The average molecular weight is 428 g/mol. The number of carbonyl (C=O) groups is 2. The Bertz CT molecular complexity index is 853. The van der Waals surface area contributed by atoms with Gasteiger partial charge in [0.25, 0.3) is 0 Å². The van der Waals surface area contributed by atoms with Gasteiger partial charge in [-0.3, -0.25) is 9.59 Å². The highest BCUT2D eigenvalue weighted by molar-refractivity contribution is 5.90. The minimum Gasteiger partial charge on any atom is -0.379 e. The Hall–Kier alpha value is -2.34. The van der Waals surface area contributed by atoms with Gasteiger partial charge in [-0.1, -0.05) is 25.1 Å². The molecule has 0 saturated heterocycles. The molecule has 170 valence electrons. The monoisotopic (exact) mass is 427 g/mol. The maximum atomic E-state index is 13.0. The molecule has 0 radical (unpaired) electrons. The van der Waals surface area contributed by atoms with Crippen LogP contribution in [0.15, 0.2) is 30.5 Å². The molecule has 1 aromatic heterocycles. The van der Waals surface area contributed by atoms with E-state index in [-0.39, 0.29) is 23.8 Å². The molecule has 0 bridgehead atoms. The quantitative estimate of drug-likeness (QED) is 0.502. The van der Waals surface area contributed by atoms with Crippen molar-refractivity contribution in [2.75, 3.05) is 13.2 Å². The van der Waals surface area contributed by atoms with E-state index in [4.69, 9.17) is 4.74 Å². The Morgan fingerprint density at radius 3 is 2.65 bits per heavy atom. The fourth-order valence-corrected chi connectivity index (χ4v) is 4.27. The highest BCUT2D eigenvalue weighted by Crippen LogP contribution is 2.28. The molecule has 6 nitrogen and oxygen atoms in total. The zero-order valence-electron chi connectivity index (χ0n) is 19.1. The van der Waals surface area contributed by atoms with E-state index >= 15 is 0 Å². The van der Waals surface area contributed by atoms with Crippen molar-refractivity contribution >= 4 is 22.7 Å². The van der Waals surface area contributed by atoms with Crippen molar-refractivity contribution in [3.8, 4) is 0 Å². The lowest BCUT2D eigenvalue weighted by Gasteiger charge is -2.27. The normalized spacial score (nSPS) is 20.0. The van der Waals surface area contributed by atoms with E-state index in [9.17, 15) is 9.59 Å². The van der Waals surface area contributed by atoms with Crippen molar-refractivity contribution in [1.29, 1.82) is 0 Å². The van der Waals surface area contributed by atoms with Gasteiger partial charge in [0.05, 0.1) is 6.10 Å². The van der Waals surface area contributed by atoms with Gasteiger partial charge in [0.15, 0.2) is 0 Å². The number of aromatic amines is 1. The molecule has 31 heavy (non-hydrogen) atoms. The smallest absolute Gasteiger partial charge is 0.242 e.